The summed E-state index contributed by atoms with van der Waals surface area (Å²) in [6, 6.07) is 0. The first-order chi connectivity index (χ1) is 9.20. The third-order valence-electron chi connectivity index (χ3n) is 4.27. The minimum Gasteiger partial charge on any atom is -0.330 e. The van der Waals surface area contributed by atoms with Gasteiger partial charge in [-0.15, -0.1) is 17.0 Å². The van der Waals surface area contributed by atoms with Gasteiger partial charge in [0, 0.05) is 18.3 Å². The molecule has 2 aromatic rings. The molecule has 1 aliphatic rings. The molecule has 0 amide bonds. The molecule has 20 heavy (non-hydrogen) atoms. The molecular formula is C14H20Br2N4. The maximum Gasteiger partial charge on any atom is 0.134 e. The van der Waals surface area contributed by atoms with Crippen LogP contribution in [0.4, 0.5) is 0 Å². The van der Waals surface area contributed by atoms with Crippen molar-refractivity contribution in [3.8, 4) is 0 Å². The average molecular weight is 404 g/mol. The summed E-state index contributed by atoms with van der Waals surface area (Å²) in [5.41, 5.74) is 7.88. The normalized spacial score (nSPS) is 22.8. The van der Waals surface area contributed by atoms with Gasteiger partial charge in [-0.1, -0.05) is 0 Å². The van der Waals surface area contributed by atoms with E-state index < -0.39 is 0 Å². The first kappa shape index (κ1) is 15.9. The van der Waals surface area contributed by atoms with Crippen LogP contribution >= 0.6 is 32.9 Å². The fourth-order valence-electron chi connectivity index (χ4n) is 3.11. The Hall–Kier alpha value is -0.460. The van der Waals surface area contributed by atoms with Crippen LogP contribution in [0.25, 0.3) is 5.52 Å². The van der Waals surface area contributed by atoms with Crippen LogP contribution in [0.2, 0.25) is 0 Å². The Morgan fingerprint density at radius 2 is 2.05 bits per heavy atom. The molecule has 4 nitrogen and oxygen atoms in total. The number of hydrogen-bond donors (Lipinski definition) is 1. The van der Waals surface area contributed by atoms with E-state index in [9.17, 15) is 0 Å². The van der Waals surface area contributed by atoms with Crippen molar-refractivity contribution in [3.05, 3.63) is 28.5 Å². The summed E-state index contributed by atoms with van der Waals surface area (Å²) in [4.78, 5) is 9.08. The maximum atomic E-state index is 5.77. The number of nitrogens with two attached hydrogens (primary N) is 1. The fourth-order valence-corrected chi connectivity index (χ4v) is 3.77. The lowest BCUT2D eigenvalue weighted by molar-refractivity contribution is 0.325. The molecule has 0 saturated heterocycles. The number of aromatic nitrogens is 3. The molecule has 2 aromatic heterocycles. The van der Waals surface area contributed by atoms with E-state index in [2.05, 4.69) is 25.3 Å². The van der Waals surface area contributed by atoms with Crippen LogP contribution in [0.15, 0.2) is 17.0 Å². The van der Waals surface area contributed by atoms with E-state index in [0.29, 0.717) is 11.8 Å². The summed E-state index contributed by atoms with van der Waals surface area (Å²) in [5.74, 6) is 2.42. The van der Waals surface area contributed by atoms with Gasteiger partial charge in [-0.2, -0.15) is 0 Å². The van der Waals surface area contributed by atoms with Crippen LogP contribution in [0.3, 0.4) is 0 Å². The van der Waals surface area contributed by atoms with Crippen molar-refractivity contribution in [2.75, 3.05) is 6.54 Å². The molecule has 0 bridgehead atoms. The van der Waals surface area contributed by atoms with Crippen molar-refractivity contribution < 1.29 is 0 Å². The summed E-state index contributed by atoms with van der Waals surface area (Å²) < 4.78 is 3.11. The molecule has 0 radical (unpaired) electrons. The Morgan fingerprint density at radius 3 is 2.70 bits per heavy atom. The van der Waals surface area contributed by atoms with Crippen molar-refractivity contribution in [2.24, 2.45) is 11.7 Å². The molecule has 0 spiro atoms. The lowest BCUT2D eigenvalue weighted by atomic mass is 9.81. The van der Waals surface area contributed by atoms with Gasteiger partial charge in [-0.3, -0.25) is 9.38 Å². The summed E-state index contributed by atoms with van der Waals surface area (Å²) in [6.07, 6.45) is 8.69. The van der Waals surface area contributed by atoms with Crippen LogP contribution in [-0.2, 0) is 0 Å². The van der Waals surface area contributed by atoms with Gasteiger partial charge in [0.25, 0.3) is 0 Å². The standard InChI is InChI=1S/C14H19BrN4.BrH/c1-9-12-13(15)18-14(19(12)7-6-17-9)11-4-2-10(8-16)3-5-11;/h6-7,10-11H,2-5,8,16H2,1H3;1H. The second-order valence-electron chi connectivity index (χ2n) is 5.45. The third-order valence-corrected chi connectivity index (χ3v) is 4.82. The van der Waals surface area contributed by atoms with E-state index in [1.807, 2.05) is 19.3 Å². The highest BCUT2D eigenvalue weighted by molar-refractivity contribution is 9.10. The number of halogens is 2. The number of nitrogens with zero attached hydrogens (tertiary/aromatic N) is 3. The van der Waals surface area contributed by atoms with Gasteiger partial charge in [0.1, 0.15) is 15.9 Å². The van der Waals surface area contributed by atoms with Gasteiger partial charge in [0.2, 0.25) is 0 Å². The zero-order valence-corrected chi connectivity index (χ0v) is 14.8. The van der Waals surface area contributed by atoms with Crippen molar-refractivity contribution in [2.45, 2.75) is 38.5 Å². The molecule has 3 rings (SSSR count). The number of rotatable bonds is 2. The quantitative estimate of drug-likeness (QED) is 0.833. The SMILES string of the molecule is Br.Cc1nccn2c(C3CCC(CN)CC3)nc(Br)c12. The molecule has 0 atom stereocenters. The highest BCUT2D eigenvalue weighted by atomic mass is 79.9. The molecule has 0 aromatic carbocycles. The van der Waals surface area contributed by atoms with Gasteiger partial charge < -0.3 is 5.73 Å². The highest BCUT2D eigenvalue weighted by Crippen LogP contribution is 2.36. The van der Waals surface area contributed by atoms with Crippen molar-refractivity contribution in [1.82, 2.24) is 14.4 Å². The maximum absolute atomic E-state index is 5.77. The Kier molecular flexibility index (Phi) is 5.20. The zero-order valence-electron chi connectivity index (χ0n) is 11.6. The predicted molar refractivity (Wildman–Crippen MR) is 89.5 cm³/mol. The summed E-state index contributed by atoms with van der Waals surface area (Å²) in [5, 5.41) is 0. The van der Waals surface area contributed by atoms with Crippen molar-refractivity contribution in [3.63, 3.8) is 0 Å². The second-order valence-corrected chi connectivity index (χ2v) is 6.20. The topological polar surface area (TPSA) is 56.2 Å². The number of imidazole rings is 1. The average Bonchev–Trinajstić information content (AvgIpc) is 2.78. The van der Waals surface area contributed by atoms with E-state index in [1.54, 1.807) is 0 Å². The Morgan fingerprint density at radius 1 is 1.35 bits per heavy atom. The van der Waals surface area contributed by atoms with Crippen LogP contribution < -0.4 is 5.73 Å². The third kappa shape index (κ3) is 2.78. The summed E-state index contributed by atoms with van der Waals surface area (Å²) in [7, 11) is 0. The highest BCUT2D eigenvalue weighted by Gasteiger charge is 2.25. The smallest absolute Gasteiger partial charge is 0.134 e. The summed E-state index contributed by atoms with van der Waals surface area (Å²) in [6.45, 7) is 2.85. The van der Waals surface area contributed by atoms with E-state index >= 15 is 0 Å². The monoisotopic (exact) mass is 402 g/mol. The molecule has 0 unspecified atom stereocenters. The van der Waals surface area contributed by atoms with E-state index in [-0.39, 0.29) is 17.0 Å². The van der Waals surface area contributed by atoms with Gasteiger partial charge in [-0.05, 0) is 61.0 Å². The fraction of sp³-hybridized carbons (Fsp3) is 0.571. The van der Waals surface area contributed by atoms with E-state index in [0.717, 1.165) is 22.4 Å². The summed E-state index contributed by atoms with van der Waals surface area (Å²) >= 11 is 3.57. The zero-order chi connectivity index (χ0) is 13.4. The minimum atomic E-state index is 0. The lowest BCUT2D eigenvalue weighted by Crippen LogP contribution is -2.21. The molecule has 6 heteroatoms. The Labute approximate surface area is 138 Å². The van der Waals surface area contributed by atoms with Crippen LogP contribution in [0, 0.1) is 12.8 Å². The molecule has 0 aliphatic heterocycles. The number of aryl methyl sites for hydroxylation is 1. The number of hydrogen-bond acceptors (Lipinski definition) is 3. The van der Waals surface area contributed by atoms with E-state index in [4.69, 9.17) is 10.7 Å². The van der Waals surface area contributed by atoms with Crippen molar-refractivity contribution in [1.29, 1.82) is 0 Å². The Bertz CT molecular complexity index is 588. The van der Waals surface area contributed by atoms with Gasteiger partial charge in [-0.25, -0.2) is 4.98 Å². The first-order valence-corrected chi connectivity index (χ1v) is 7.69. The van der Waals surface area contributed by atoms with Crippen LogP contribution in [-0.4, -0.2) is 20.9 Å². The molecule has 110 valence electrons. The molecular weight excluding hydrogens is 384 g/mol. The van der Waals surface area contributed by atoms with Gasteiger partial charge >= 0.3 is 0 Å². The number of fused-ring (bicyclic) bond motifs is 1. The van der Waals surface area contributed by atoms with Gasteiger partial charge in [0.05, 0.1) is 5.69 Å². The first-order valence-electron chi connectivity index (χ1n) is 6.89. The molecule has 2 N–H and O–H groups in total. The van der Waals surface area contributed by atoms with Crippen LogP contribution in [0.5, 0.6) is 0 Å². The largest absolute Gasteiger partial charge is 0.330 e. The molecule has 2 heterocycles. The second kappa shape index (κ2) is 6.54. The predicted octanol–water partition coefficient (Wildman–Crippen LogP) is 3.61. The van der Waals surface area contributed by atoms with Gasteiger partial charge in [0.15, 0.2) is 0 Å². The molecule has 1 aliphatic carbocycles. The van der Waals surface area contributed by atoms with Crippen molar-refractivity contribution >= 4 is 38.4 Å². The lowest BCUT2D eigenvalue weighted by Gasteiger charge is -2.26. The van der Waals surface area contributed by atoms with Crippen LogP contribution in [0.1, 0.15) is 43.1 Å². The molecule has 1 fully saturated rings. The van der Waals surface area contributed by atoms with E-state index in [1.165, 1.54) is 31.5 Å². The molecule has 1 saturated carbocycles. The Balaban J connectivity index is 0.00000147. The minimum absolute atomic E-state index is 0.